The van der Waals surface area contributed by atoms with Crippen LogP contribution in [0.4, 0.5) is 0 Å². The van der Waals surface area contributed by atoms with Crippen molar-refractivity contribution in [2.75, 3.05) is 0 Å². The predicted molar refractivity (Wildman–Crippen MR) is 97.3 cm³/mol. The van der Waals surface area contributed by atoms with E-state index in [1.165, 1.54) is 17.3 Å². The highest BCUT2D eigenvalue weighted by Crippen LogP contribution is 2.36. The molecule has 1 unspecified atom stereocenters. The Morgan fingerprint density at radius 3 is 2.12 bits per heavy atom. The van der Waals surface area contributed by atoms with Crippen LogP contribution in [0, 0.1) is 13.8 Å². The Morgan fingerprint density at radius 2 is 1.54 bits per heavy atom. The van der Waals surface area contributed by atoms with Gasteiger partial charge in [0, 0.05) is 18.0 Å². The molecule has 0 amide bonds. The van der Waals surface area contributed by atoms with Crippen molar-refractivity contribution in [3.8, 4) is 0 Å². The Hall–Kier alpha value is -2.46. The maximum Gasteiger partial charge on any atom is 0.180 e. The number of nitrogens with zero attached hydrogens (tertiary/aromatic N) is 2. The van der Waals surface area contributed by atoms with Crippen LogP contribution < -0.4 is 0 Å². The van der Waals surface area contributed by atoms with Gasteiger partial charge in [0.25, 0.3) is 0 Å². The first kappa shape index (κ1) is 16.4. The van der Waals surface area contributed by atoms with Gasteiger partial charge in [-0.2, -0.15) is 0 Å². The Balaban J connectivity index is 1.96. The zero-order chi connectivity index (χ0) is 16.9. The molecule has 3 aromatic rings. The second-order valence-electron chi connectivity index (χ2n) is 5.68. The summed E-state index contributed by atoms with van der Waals surface area (Å²) in [4.78, 5) is 21.5. The first-order valence-corrected chi connectivity index (χ1v) is 8.61. The lowest BCUT2D eigenvalue weighted by molar-refractivity contribution is 0.0989. The van der Waals surface area contributed by atoms with Gasteiger partial charge in [-0.1, -0.05) is 71.4 Å². The van der Waals surface area contributed by atoms with E-state index in [1.54, 1.807) is 18.6 Å². The lowest BCUT2D eigenvalue weighted by atomic mass is 10.0. The summed E-state index contributed by atoms with van der Waals surface area (Å²) >= 11 is 1.43. The number of rotatable bonds is 5. The van der Waals surface area contributed by atoms with Crippen molar-refractivity contribution >= 4 is 17.5 Å². The van der Waals surface area contributed by atoms with Gasteiger partial charge in [-0.05, 0) is 19.4 Å². The maximum atomic E-state index is 13.1. The van der Waals surface area contributed by atoms with E-state index in [4.69, 9.17) is 0 Å². The van der Waals surface area contributed by atoms with Crippen LogP contribution >= 0.6 is 11.8 Å². The number of carbonyl (C=O) groups excluding carboxylic acids is 1. The van der Waals surface area contributed by atoms with Crippen molar-refractivity contribution in [2.24, 2.45) is 0 Å². The second kappa shape index (κ2) is 7.41. The van der Waals surface area contributed by atoms with Crippen LogP contribution in [0.5, 0.6) is 0 Å². The molecule has 120 valence electrons. The molecule has 0 saturated carbocycles. The second-order valence-corrected chi connectivity index (χ2v) is 6.81. The van der Waals surface area contributed by atoms with E-state index >= 15 is 0 Å². The van der Waals surface area contributed by atoms with Crippen LogP contribution in [0.15, 0.2) is 72.1 Å². The van der Waals surface area contributed by atoms with E-state index < -0.39 is 0 Å². The summed E-state index contributed by atoms with van der Waals surface area (Å²) in [5.41, 5.74) is 3.99. The van der Waals surface area contributed by atoms with Crippen molar-refractivity contribution in [1.29, 1.82) is 0 Å². The van der Waals surface area contributed by atoms with Crippen LogP contribution in [0.3, 0.4) is 0 Å². The summed E-state index contributed by atoms with van der Waals surface area (Å²) in [6.07, 6.45) is 4.96. The average molecular weight is 334 g/mol. The molecule has 4 heteroatoms. The molecule has 3 nitrogen and oxygen atoms in total. The zero-order valence-corrected chi connectivity index (χ0v) is 14.5. The molecule has 0 fully saturated rings. The molecule has 0 N–H and O–H groups in total. The molecule has 0 radical (unpaired) electrons. The van der Waals surface area contributed by atoms with E-state index in [0.29, 0.717) is 5.56 Å². The molecule has 1 heterocycles. The SMILES string of the molecule is Cc1ccc(C(=O)C(Sc2cnccn2)c2ccc(C)cc2)cc1. The Labute approximate surface area is 146 Å². The average Bonchev–Trinajstić information content (AvgIpc) is 2.62. The summed E-state index contributed by atoms with van der Waals surface area (Å²) in [5, 5.41) is 0.397. The third-order valence-corrected chi connectivity index (χ3v) is 4.91. The standard InChI is InChI=1S/C20H18N2OS/c1-14-3-7-16(8-4-14)19(23)20(17-9-5-15(2)6-10-17)24-18-13-21-11-12-22-18/h3-13,20H,1-2H3. The molecule has 2 aromatic carbocycles. The van der Waals surface area contributed by atoms with Gasteiger partial charge in [-0.3, -0.25) is 9.78 Å². The van der Waals surface area contributed by atoms with Gasteiger partial charge in [-0.15, -0.1) is 0 Å². The molecule has 0 aliphatic rings. The smallest absolute Gasteiger partial charge is 0.180 e. The lowest BCUT2D eigenvalue weighted by Gasteiger charge is -2.16. The number of hydrogen-bond acceptors (Lipinski definition) is 4. The van der Waals surface area contributed by atoms with Crippen molar-refractivity contribution in [2.45, 2.75) is 24.1 Å². The van der Waals surface area contributed by atoms with Crippen LogP contribution in [-0.4, -0.2) is 15.8 Å². The van der Waals surface area contributed by atoms with E-state index in [0.717, 1.165) is 16.2 Å². The largest absolute Gasteiger partial charge is 0.293 e. The Morgan fingerprint density at radius 1 is 0.917 bits per heavy atom. The van der Waals surface area contributed by atoms with Crippen molar-refractivity contribution in [3.63, 3.8) is 0 Å². The molecule has 0 aliphatic heterocycles. The lowest BCUT2D eigenvalue weighted by Crippen LogP contribution is -2.10. The van der Waals surface area contributed by atoms with E-state index in [1.807, 2.05) is 62.4 Å². The number of hydrogen-bond donors (Lipinski definition) is 0. The monoisotopic (exact) mass is 334 g/mol. The normalized spacial score (nSPS) is 11.9. The van der Waals surface area contributed by atoms with Gasteiger partial charge in [0.15, 0.2) is 5.78 Å². The number of thioether (sulfide) groups is 1. The van der Waals surface area contributed by atoms with Gasteiger partial charge >= 0.3 is 0 Å². The fourth-order valence-electron chi connectivity index (χ4n) is 2.35. The molecule has 1 aromatic heterocycles. The van der Waals surface area contributed by atoms with E-state index in [-0.39, 0.29) is 11.0 Å². The topological polar surface area (TPSA) is 42.9 Å². The molecule has 0 bridgehead atoms. The molecule has 1 atom stereocenters. The number of Topliss-reactive ketones (excluding diaryl/α,β-unsaturated/α-hetero) is 1. The quantitative estimate of drug-likeness (QED) is 0.496. The van der Waals surface area contributed by atoms with Gasteiger partial charge < -0.3 is 0 Å². The van der Waals surface area contributed by atoms with Crippen LogP contribution in [0.25, 0.3) is 0 Å². The Kier molecular flexibility index (Phi) is 5.06. The highest BCUT2D eigenvalue weighted by atomic mass is 32.2. The first-order chi connectivity index (χ1) is 11.6. The molecular formula is C20H18N2OS. The van der Waals surface area contributed by atoms with Gasteiger partial charge in [0.05, 0.1) is 11.4 Å². The number of ketones is 1. The summed E-state index contributed by atoms with van der Waals surface area (Å²) in [7, 11) is 0. The highest BCUT2D eigenvalue weighted by Gasteiger charge is 2.24. The van der Waals surface area contributed by atoms with Crippen molar-refractivity contribution < 1.29 is 4.79 Å². The summed E-state index contributed by atoms with van der Waals surface area (Å²) in [6.45, 7) is 4.05. The molecule has 0 aliphatic carbocycles. The van der Waals surface area contributed by atoms with Crippen molar-refractivity contribution in [3.05, 3.63) is 89.4 Å². The zero-order valence-electron chi connectivity index (χ0n) is 13.6. The van der Waals surface area contributed by atoms with Crippen LogP contribution in [-0.2, 0) is 0 Å². The summed E-state index contributed by atoms with van der Waals surface area (Å²) in [5.74, 6) is 0.0782. The summed E-state index contributed by atoms with van der Waals surface area (Å²) < 4.78 is 0. The van der Waals surface area contributed by atoms with Gasteiger partial charge in [-0.25, -0.2) is 4.98 Å². The number of aromatic nitrogens is 2. The maximum absolute atomic E-state index is 13.1. The molecule has 3 rings (SSSR count). The summed E-state index contributed by atoms with van der Waals surface area (Å²) in [6, 6.07) is 15.8. The number of carbonyl (C=O) groups is 1. The predicted octanol–water partition coefficient (Wildman–Crippen LogP) is 4.81. The third-order valence-electron chi connectivity index (χ3n) is 3.73. The first-order valence-electron chi connectivity index (χ1n) is 7.73. The van der Waals surface area contributed by atoms with Gasteiger partial charge in [0.2, 0.25) is 0 Å². The minimum absolute atomic E-state index is 0.0782. The van der Waals surface area contributed by atoms with Crippen LogP contribution in [0.1, 0.15) is 32.3 Å². The van der Waals surface area contributed by atoms with Crippen LogP contribution in [0.2, 0.25) is 0 Å². The highest BCUT2D eigenvalue weighted by molar-refractivity contribution is 8.00. The number of aryl methyl sites for hydroxylation is 2. The fourth-order valence-corrected chi connectivity index (χ4v) is 3.37. The van der Waals surface area contributed by atoms with Gasteiger partial charge in [0.1, 0.15) is 5.03 Å². The third kappa shape index (κ3) is 3.89. The number of benzene rings is 2. The molecule has 0 saturated heterocycles. The van der Waals surface area contributed by atoms with E-state index in [2.05, 4.69) is 9.97 Å². The molecule has 24 heavy (non-hydrogen) atoms. The fraction of sp³-hybridized carbons (Fsp3) is 0.150. The minimum atomic E-state index is -0.343. The molecular weight excluding hydrogens is 316 g/mol. The van der Waals surface area contributed by atoms with Crippen molar-refractivity contribution in [1.82, 2.24) is 9.97 Å². The molecule has 0 spiro atoms. The Bertz CT molecular complexity index is 815. The van der Waals surface area contributed by atoms with E-state index in [9.17, 15) is 4.79 Å². The minimum Gasteiger partial charge on any atom is -0.293 e.